The van der Waals surface area contributed by atoms with Crippen LogP contribution in [0, 0.1) is 0 Å². The molecule has 3 rings (SSSR count). The molecule has 0 aliphatic carbocycles. The molecule has 1 atom stereocenters. The van der Waals surface area contributed by atoms with Gasteiger partial charge in [-0.2, -0.15) is 0 Å². The molecular formula is C17H17NOS. The van der Waals surface area contributed by atoms with E-state index < -0.39 is 0 Å². The lowest BCUT2D eigenvalue weighted by atomic mass is 10.1. The monoisotopic (exact) mass is 283 g/mol. The van der Waals surface area contributed by atoms with Crippen molar-refractivity contribution in [2.45, 2.75) is 6.10 Å². The molecule has 1 aromatic heterocycles. The number of fused-ring (bicyclic) bond motifs is 1. The predicted octanol–water partition coefficient (Wildman–Crippen LogP) is 4.24. The maximum Gasteiger partial charge on any atom is 0.145 e. The van der Waals surface area contributed by atoms with Gasteiger partial charge in [0.1, 0.15) is 11.9 Å². The number of hydrogen-bond acceptors (Lipinski definition) is 3. The number of ether oxygens (including phenoxy) is 1. The summed E-state index contributed by atoms with van der Waals surface area (Å²) in [6.07, 6.45) is 0.0470. The Hall–Kier alpha value is -1.84. The number of thiophene rings is 1. The van der Waals surface area contributed by atoms with Crippen LogP contribution >= 0.6 is 11.3 Å². The Bertz CT molecular complexity index is 673. The summed E-state index contributed by atoms with van der Waals surface area (Å²) >= 11 is 1.73. The van der Waals surface area contributed by atoms with Crippen LogP contribution < -0.4 is 10.1 Å². The van der Waals surface area contributed by atoms with E-state index >= 15 is 0 Å². The Morgan fingerprint density at radius 3 is 2.70 bits per heavy atom. The van der Waals surface area contributed by atoms with E-state index in [0.717, 1.165) is 17.7 Å². The Morgan fingerprint density at radius 1 is 1.05 bits per heavy atom. The zero-order valence-electron chi connectivity index (χ0n) is 11.4. The fourth-order valence-electron chi connectivity index (χ4n) is 2.31. The van der Waals surface area contributed by atoms with E-state index in [4.69, 9.17) is 4.74 Å². The third-order valence-corrected chi connectivity index (χ3v) is 4.23. The highest BCUT2D eigenvalue weighted by Gasteiger charge is 2.14. The molecule has 0 fully saturated rings. The molecule has 0 radical (unpaired) electrons. The van der Waals surface area contributed by atoms with Crippen LogP contribution in [-0.4, -0.2) is 13.6 Å². The molecule has 0 bridgehead atoms. The molecule has 1 unspecified atom stereocenters. The zero-order chi connectivity index (χ0) is 13.8. The zero-order valence-corrected chi connectivity index (χ0v) is 12.2. The van der Waals surface area contributed by atoms with E-state index in [1.807, 2.05) is 25.2 Å². The van der Waals surface area contributed by atoms with Crippen LogP contribution in [0.5, 0.6) is 5.75 Å². The summed E-state index contributed by atoms with van der Waals surface area (Å²) in [7, 11) is 1.95. The van der Waals surface area contributed by atoms with Crippen molar-refractivity contribution in [3.63, 3.8) is 0 Å². The van der Waals surface area contributed by atoms with Crippen molar-refractivity contribution in [3.8, 4) is 5.75 Å². The van der Waals surface area contributed by atoms with Crippen LogP contribution in [0.3, 0.4) is 0 Å². The molecule has 0 amide bonds. The second-order valence-corrected chi connectivity index (χ2v) is 5.64. The summed E-state index contributed by atoms with van der Waals surface area (Å²) in [6, 6.07) is 18.7. The number of benzene rings is 2. The highest BCUT2D eigenvalue weighted by Crippen LogP contribution is 2.30. The second kappa shape index (κ2) is 6.07. The van der Waals surface area contributed by atoms with E-state index in [2.05, 4.69) is 47.1 Å². The molecule has 0 saturated carbocycles. The van der Waals surface area contributed by atoms with Crippen LogP contribution in [0.2, 0.25) is 0 Å². The number of likely N-dealkylation sites (N-methyl/N-ethyl adjacent to an activating group) is 1. The van der Waals surface area contributed by atoms with Gasteiger partial charge in [-0.3, -0.25) is 0 Å². The SMILES string of the molecule is CNCC(Oc1cccc2ccccc12)c1cccs1. The molecule has 0 saturated heterocycles. The summed E-state index contributed by atoms with van der Waals surface area (Å²) in [4.78, 5) is 1.24. The summed E-state index contributed by atoms with van der Waals surface area (Å²) in [6.45, 7) is 0.795. The van der Waals surface area contributed by atoms with Crippen molar-refractivity contribution in [2.24, 2.45) is 0 Å². The lowest BCUT2D eigenvalue weighted by Crippen LogP contribution is -2.21. The van der Waals surface area contributed by atoms with Crippen molar-refractivity contribution >= 4 is 22.1 Å². The van der Waals surface area contributed by atoms with Crippen LogP contribution in [-0.2, 0) is 0 Å². The van der Waals surface area contributed by atoms with E-state index in [1.165, 1.54) is 10.3 Å². The van der Waals surface area contributed by atoms with Gasteiger partial charge in [0.25, 0.3) is 0 Å². The quantitative estimate of drug-likeness (QED) is 0.756. The first-order valence-corrected chi connectivity index (χ1v) is 7.59. The third-order valence-electron chi connectivity index (χ3n) is 3.27. The third kappa shape index (κ3) is 2.69. The summed E-state index contributed by atoms with van der Waals surface area (Å²) in [5, 5.41) is 7.66. The Kier molecular flexibility index (Phi) is 4.00. The van der Waals surface area contributed by atoms with Crippen molar-refractivity contribution < 1.29 is 4.74 Å². The number of nitrogens with one attached hydrogen (secondary N) is 1. The highest BCUT2D eigenvalue weighted by molar-refractivity contribution is 7.10. The topological polar surface area (TPSA) is 21.3 Å². The normalized spacial score (nSPS) is 12.4. The van der Waals surface area contributed by atoms with Gasteiger partial charge in [-0.25, -0.2) is 0 Å². The van der Waals surface area contributed by atoms with Gasteiger partial charge in [-0.15, -0.1) is 11.3 Å². The van der Waals surface area contributed by atoms with Gasteiger partial charge in [-0.05, 0) is 29.9 Å². The molecule has 2 nitrogen and oxygen atoms in total. The molecule has 0 aliphatic rings. The van der Waals surface area contributed by atoms with Crippen molar-refractivity contribution in [1.29, 1.82) is 0 Å². The molecule has 3 aromatic rings. The van der Waals surface area contributed by atoms with E-state index in [0.29, 0.717) is 0 Å². The first-order chi connectivity index (χ1) is 9.88. The second-order valence-electron chi connectivity index (χ2n) is 4.66. The Morgan fingerprint density at radius 2 is 1.90 bits per heavy atom. The smallest absolute Gasteiger partial charge is 0.145 e. The minimum Gasteiger partial charge on any atom is -0.483 e. The van der Waals surface area contributed by atoms with Crippen molar-refractivity contribution in [2.75, 3.05) is 13.6 Å². The van der Waals surface area contributed by atoms with Gasteiger partial charge in [0.05, 0.1) is 0 Å². The predicted molar refractivity (Wildman–Crippen MR) is 85.6 cm³/mol. The van der Waals surface area contributed by atoms with Crippen LogP contribution in [0.15, 0.2) is 60.0 Å². The Balaban J connectivity index is 1.94. The molecule has 0 aliphatic heterocycles. The maximum atomic E-state index is 6.26. The molecular weight excluding hydrogens is 266 g/mol. The minimum atomic E-state index is 0.0470. The average Bonchev–Trinajstić information content (AvgIpc) is 3.01. The lowest BCUT2D eigenvalue weighted by molar-refractivity contribution is 0.211. The molecule has 20 heavy (non-hydrogen) atoms. The molecule has 102 valence electrons. The highest BCUT2D eigenvalue weighted by atomic mass is 32.1. The van der Waals surface area contributed by atoms with Crippen molar-refractivity contribution in [3.05, 3.63) is 64.9 Å². The first-order valence-electron chi connectivity index (χ1n) is 6.71. The van der Waals surface area contributed by atoms with Crippen molar-refractivity contribution in [1.82, 2.24) is 5.32 Å². The molecule has 2 aromatic carbocycles. The fourth-order valence-corrected chi connectivity index (χ4v) is 3.07. The standard InChI is InChI=1S/C17H17NOS/c1-18-12-16(17-10-5-11-20-17)19-15-9-4-7-13-6-2-3-8-14(13)15/h2-11,16,18H,12H2,1H3. The van der Waals surface area contributed by atoms with Crippen LogP contribution in [0.1, 0.15) is 11.0 Å². The van der Waals surface area contributed by atoms with Crippen LogP contribution in [0.4, 0.5) is 0 Å². The summed E-state index contributed by atoms with van der Waals surface area (Å²) < 4.78 is 6.26. The van der Waals surface area contributed by atoms with Crippen LogP contribution in [0.25, 0.3) is 10.8 Å². The molecule has 1 heterocycles. The summed E-state index contributed by atoms with van der Waals surface area (Å²) in [5.41, 5.74) is 0. The largest absolute Gasteiger partial charge is 0.483 e. The molecule has 0 spiro atoms. The maximum absolute atomic E-state index is 6.26. The van der Waals surface area contributed by atoms with Gasteiger partial charge in [0.15, 0.2) is 0 Å². The number of rotatable bonds is 5. The van der Waals surface area contributed by atoms with Gasteiger partial charge in [0.2, 0.25) is 0 Å². The van der Waals surface area contributed by atoms with E-state index in [1.54, 1.807) is 11.3 Å². The first kappa shape index (κ1) is 13.2. The van der Waals surface area contributed by atoms with Gasteiger partial charge >= 0.3 is 0 Å². The minimum absolute atomic E-state index is 0.0470. The van der Waals surface area contributed by atoms with Gasteiger partial charge in [0, 0.05) is 16.8 Å². The number of hydrogen-bond donors (Lipinski definition) is 1. The average molecular weight is 283 g/mol. The fraction of sp³-hybridized carbons (Fsp3) is 0.176. The van der Waals surface area contributed by atoms with Gasteiger partial charge in [-0.1, -0.05) is 42.5 Å². The van der Waals surface area contributed by atoms with Gasteiger partial charge < -0.3 is 10.1 Å². The molecule has 1 N–H and O–H groups in total. The lowest BCUT2D eigenvalue weighted by Gasteiger charge is -2.19. The Labute approximate surface area is 123 Å². The van der Waals surface area contributed by atoms with E-state index in [-0.39, 0.29) is 6.10 Å². The molecule has 3 heteroatoms. The van der Waals surface area contributed by atoms with E-state index in [9.17, 15) is 0 Å². The summed E-state index contributed by atoms with van der Waals surface area (Å²) in [5.74, 6) is 0.941.